The van der Waals surface area contributed by atoms with E-state index in [0.29, 0.717) is 19.1 Å². The second-order valence-electron chi connectivity index (χ2n) is 5.74. The summed E-state index contributed by atoms with van der Waals surface area (Å²) >= 11 is 0. The van der Waals surface area contributed by atoms with Crippen LogP contribution in [0.4, 0.5) is 0 Å². The van der Waals surface area contributed by atoms with E-state index < -0.39 is 0 Å². The number of rotatable bonds is 5. The van der Waals surface area contributed by atoms with Gasteiger partial charge < -0.3 is 15.0 Å². The molecule has 2 saturated heterocycles. The van der Waals surface area contributed by atoms with Gasteiger partial charge in [-0.1, -0.05) is 0 Å². The lowest BCUT2D eigenvalue weighted by Crippen LogP contribution is -2.49. The summed E-state index contributed by atoms with van der Waals surface area (Å²) in [6.07, 6.45) is 1.85. The first-order valence-corrected chi connectivity index (χ1v) is 7.51. The Bertz CT molecular complexity index is 290. The maximum atomic E-state index is 12.1. The third-order valence-electron chi connectivity index (χ3n) is 3.95. The number of hydrogen-bond donors (Lipinski definition) is 1. The molecule has 2 rings (SSSR count). The Morgan fingerprint density at radius 2 is 2.05 bits per heavy atom. The van der Waals surface area contributed by atoms with E-state index in [2.05, 4.69) is 10.2 Å². The highest BCUT2D eigenvalue weighted by molar-refractivity contribution is 5.76. The highest BCUT2D eigenvalue weighted by Crippen LogP contribution is 2.17. The van der Waals surface area contributed by atoms with Gasteiger partial charge in [0.25, 0.3) is 0 Å². The molecular formula is C14H27N3O2. The molecule has 1 N–H and O–H groups in total. The molecule has 0 aromatic heterocycles. The molecule has 0 aliphatic carbocycles. The zero-order valence-corrected chi connectivity index (χ0v) is 12.2. The zero-order valence-electron chi connectivity index (χ0n) is 12.2. The van der Waals surface area contributed by atoms with E-state index in [1.165, 1.54) is 0 Å². The third kappa shape index (κ3) is 4.44. The van der Waals surface area contributed by atoms with E-state index in [1.807, 2.05) is 18.7 Å². The predicted octanol–water partition coefficient (Wildman–Crippen LogP) is 0.308. The molecule has 0 saturated carbocycles. The molecule has 2 aliphatic rings. The fraction of sp³-hybridized carbons (Fsp3) is 0.929. The molecule has 2 heterocycles. The van der Waals surface area contributed by atoms with E-state index in [-0.39, 0.29) is 12.0 Å². The number of nitrogens with zero attached hydrogens (tertiary/aromatic N) is 2. The number of amides is 1. The highest BCUT2D eigenvalue weighted by Gasteiger charge is 2.30. The Labute approximate surface area is 116 Å². The summed E-state index contributed by atoms with van der Waals surface area (Å²) in [5, 5.41) is 3.37. The molecule has 0 spiro atoms. The molecule has 110 valence electrons. The first kappa shape index (κ1) is 14.8. The van der Waals surface area contributed by atoms with Crippen molar-refractivity contribution in [2.75, 3.05) is 45.9 Å². The molecule has 5 heteroatoms. The first-order valence-electron chi connectivity index (χ1n) is 7.51. The molecule has 19 heavy (non-hydrogen) atoms. The minimum Gasteiger partial charge on any atom is -0.378 e. The Balaban J connectivity index is 1.70. The van der Waals surface area contributed by atoms with Crippen molar-refractivity contribution in [1.82, 2.24) is 15.1 Å². The van der Waals surface area contributed by atoms with Crippen LogP contribution in [-0.4, -0.2) is 73.7 Å². The van der Waals surface area contributed by atoms with E-state index in [4.69, 9.17) is 4.74 Å². The van der Waals surface area contributed by atoms with Crippen LogP contribution in [0.2, 0.25) is 0 Å². The van der Waals surface area contributed by atoms with E-state index in [0.717, 1.165) is 45.7 Å². The molecular weight excluding hydrogens is 242 g/mol. The molecule has 0 radical (unpaired) electrons. The van der Waals surface area contributed by atoms with E-state index in [9.17, 15) is 4.79 Å². The summed E-state index contributed by atoms with van der Waals surface area (Å²) in [5.74, 6) is 0.248. The maximum Gasteiger partial charge on any atom is 0.224 e. The van der Waals surface area contributed by atoms with Crippen molar-refractivity contribution in [3.05, 3.63) is 0 Å². The average Bonchev–Trinajstić information content (AvgIpc) is 2.89. The normalized spacial score (nSPS) is 25.2. The van der Waals surface area contributed by atoms with Gasteiger partial charge >= 0.3 is 0 Å². The molecule has 1 amide bonds. The monoisotopic (exact) mass is 269 g/mol. The Morgan fingerprint density at radius 3 is 2.74 bits per heavy atom. The minimum absolute atomic E-state index is 0.208. The number of carbonyl (C=O) groups excluding carboxylic acids is 1. The van der Waals surface area contributed by atoms with Crippen LogP contribution in [0, 0.1) is 0 Å². The summed E-state index contributed by atoms with van der Waals surface area (Å²) in [6.45, 7) is 10.7. The van der Waals surface area contributed by atoms with E-state index >= 15 is 0 Å². The zero-order chi connectivity index (χ0) is 13.7. The van der Waals surface area contributed by atoms with Gasteiger partial charge in [-0.15, -0.1) is 0 Å². The van der Waals surface area contributed by atoms with Gasteiger partial charge in [0.1, 0.15) is 0 Å². The lowest BCUT2D eigenvalue weighted by Gasteiger charge is -2.32. The van der Waals surface area contributed by atoms with Crippen LogP contribution in [0.5, 0.6) is 0 Å². The lowest BCUT2D eigenvalue weighted by atomic mass is 10.2. The lowest BCUT2D eigenvalue weighted by molar-refractivity contribution is -0.131. The summed E-state index contributed by atoms with van der Waals surface area (Å²) < 4.78 is 5.45. The van der Waals surface area contributed by atoms with Crippen molar-refractivity contribution in [3.63, 3.8) is 0 Å². The number of hydrogen-bond acceptors (Lipinski definition) is 4. The van der Waals surface area contributed by atoms with Gasteiger partial charge in [-0.2, -0.15) is 0 Å². The van der Waals surface area contributed by atoms with Crippen molar-refractivity contribution in [1.29, 1.82) is 0 Å². The molecule has 2 fully saturated rings. The van der Waals surface area contributed by atoms with Crippen LogP contribution in [0.1, 0.15) is 26.7 Å². The smallest absolute Gasteiger partial charge is 0.224 e. The fourth-order valence-corrected chi connectivity index (χ4v) is 2.85. The van der Waals surface area contributed by atoms with Crippen LogP contribution in [0.15, 0.2) is 0 Å². The molecule has 1 atom stereocenters. The summed E-state index contributed by atoms with van der Waals surface area (Å²) in [6, 6.07) is 0.567. The number of likely N-dealkylation sites (tertiary alicyclic amines) is 1. The minimum atomic E-state index is 0.208. The SMILES string of the molecule is CC(C)OCCC(=O)N1CCC(N2CCNCC2)C1. The number of ether oxygens (including phenoxy) is 1. The largest absolute Gasteiger partial charge is 0.378 e. The van der Waals surface area contributed by atoms with Crippen molar-refractivity contribution in [3.8, 4) is 0 Å². The van der Waals surface area contributed by atoms with E-state index in [1.54, 1.807) is 0 Å². The molecule has 0 aromatic rings. The van der Waals surface area contributed by atoms with Gasteiger partial charge in [-0.25, -0.2) is 0 Å². The second kappa shape index (κ2) is 7.22. The molecule has 2 aliphatic heterocycles. The number of nitrogens with one attached hydrogen (secondary N) is 1. The third-order valence-corrected chi connectivity index (χ3v) is 3.95. The predicted molar refractivity (Wildman–Crippen MR) is 75.1 cm³/mol. The summed E-state index contributed by atoms with van der Waals surface area (Å²) in [4.78, 5) is 16.6. The average molecular weight is 269 g/mol. The van der Waals surface area contributed by atoms with Gasteiger partial charge in [0, 0.05) is 45.3 Å². The van der Waals surface area contributed by atoms with Crippen molar-refractivity contribution in [2.24, 2.45) is 0 Å². The van der Waals surface area contributed by atoms with Crippen molar-refractivity contribution >= 4 is 5.91 Å². The van der Waals surface area contributed by atoms with Gasteiger partial charge in [-0.3, -0.25) is 9.69 Å². The van der Waals surface area contributed by atoms with Crippen LogP contribution < -0.4 is 5.32 Å². The Hall–Kier alpha value is -0.650. The Kier molecular flexibility index (Phi) is 5.60. The molecule has 0 aromatic carbocycles. The number of carbonyl (C=O) groups is 1. The quantitative estimate of drug-likeness (QED) is 0.780. The first-order chi connectivity index (χ1) is 9.16. The fourth-order valence-electron chi connectivity index (χ4n) is 2.85. The topological polar surface area (TPSA) is 44.8 Å². The highest BCUT2D eigenvalue weighted by atomic mass is 16.5. The standard InChI is InChI=1S/C14H27N3O2/c1-12(2)19-10-4-14(18)17-7-3-13(11-17)16-8-5-15-6-9-16/h12-13,15H,3-11H2,1-2H3. The van der Waals surface area contributed by atoms with Gasteiger partial charge in [-0.05, 0) is 20.3 Å². The van der Waals surface area contributed by atoms with Gasteiger partial charge in [0.15, 0.2) is 0 Å². The van der Waals surface area contributed by atoms with Crippen molar-refractivity contribution < 1.29 is 9.53 Å². The maximum absolute atomic E-state index is 12.1. The molecule has 5 nitrogen and oxygen atoms in total. The Morgan fingerprint density at radius 1 is 1.32 bits per heavy atom. The second-order valence-corrected chi connectivity index (χ2v) is 5.74. The van der Waals surface area contributed by atoms with Crippen LogP contribution >= 0.6 is 0 Å². The van der Waals surface area contributed by atoms with Crippen LogP contribution in [0.3, 0.4) is 0 Å². The summed E-state index contributed by atoms with van der Waals surface area (Å²) in [5.41, 5.74) is 0. The van der Waals surface area contributed by atoms with Crippen LogP contribution in [0.25, 0.3) is 0 Å². The van der Waals surface area contributed by atoms with Crippen LogP contribution in [-0.2, 0) is 9.53 Å². The van der Waals surface area contributed by atoms with Gasteiger partial charge in [0.05, 0.1) is 19.1 Å². The molecule has 0 bridgehead atoms. The van der Waals surface area contributed by atoms with Crippen molar-refractivity contribution in [2.45, 2.75) is 38.8 Å². The van der Waals surface area contributed by atoms with Gasteiger partial charge in [0.2, 0.25) is 5.91 Å². The molecule has 1 unspecified atom stereocenters. The number of piperazine rings is 1. The summed E-state index contributed by atoms with van der Waals surface area (Å²) in [7, 11) is 0.